The molecule has 12 N–H and O–H groups in total. The minimum absolute atomic E-state index is 0.823. The lowest BCUT2D eigenvalue weighted by molar-refractivity contribution is -0.382. The van der Waals surface area contributed by atoms with Gasteiger partial charge in [-0.1, -0.05) is 0 Å². The Morgan fingerprint density at radius 3 is 1.71 bits per heavy atom. The first-order valence-electron chi connectivity index (χ1n) is 10.9. The smallest absolute Gasteiger partial charge is 0.186 e. The molecule has 0 aromatic carbocycles. The quantitative estimate of drug-likeness (QED) is 0.155. The van der Waals surface area contributed by atoms with Crippen LogP contribution in [0.1, 0.15) is 0 Å². The SMILES string of the molecule is CO[C@H]1O[C@H](C(O)[C@@H]2O[C@H](CO)[C@@H](O)[C@H](O)[C@@H]2O)[C@@H](O)[C@@](O)([C@@H]2O[C@H](CO)[C@@H](O)[C@H](O)[C@@H]2O)[C@@H]1O. The van der Waals surface area contributed by atoms with E-state index in [2.05, 4.69) is 0 Å². The molecule has 3 rings (SSSR count). The molecule has 0 saturated carbocycles. The summed E-state index contributed by atoms with van der Waals surface area (Å²) in [6.45, 7) is -1.71. The minimum Gasteiger partial charge on any atom is -0.394 e. The molecule has 16 atom stereocenters. The Morgan fingerprint density at radius 1 is 0.686 bits per heavy atom. The maximum atomic E-state index is 11.4. The van der Waals surface area contributed by atoms with Gasteiger partial charge in [0.05, 0.1) is 13.2 Å². The fourth-order valence-corrected chi connectivity index (χ4v) is 4.83. The van der Waals surface area contributed by atoms with E-state index in [4.69, 9.17) is 18.9 Å². The molecule has 3 fully saturated rings. The highest BCUT2D eigenvalue weighted by molar-refractivity contribution is 5.14. The Bertz CT molecular complexity index is 696. The van der Waals surface area contributed by atoms with E-state index in [0.29, 0.717) is 0 Å². The third-order valence-electron chi connectivity index (χ3n) is 6.99. The summed E-state index contributed by atoms with van der Waals surface area (Å²) in [5.41, 5.74) is -2.98. The molecule has 0 aromatic rings. The number of rotatable bonds is 6. The molecule has 0 aliphatic carbocycles. The van der Waals surface area contributed by atoms with Gasteiger partial charge in [-0.2, -0.15) is 0 Å². The summed E-state index contributed by atoms with van der Waals surface area (Å²) in [6, 6.07) is 0. The van der Waals surface area contributed by atoms with E-state index in [0.717, 1.165) is 7.11 Å². The van der Waals surface area contributed by atoms with Gasteiger partial charge in [-0.15, -0.1) is 0 Å². The maximum absolute atomic E-state index is 11.4. The van der Waals surface area contributed by atoms with Crippen molar-refractivity contribution in [3.8, 4) is 0 Å². The lowest BCUT2D eigenvalue weighted by Crippen LogP contribution is -2.79. The molecule has 0 spiro atoms. The lowest BCUT2D eigenvalue weighted by atomic mass is 9.73. The summed E-state index contributed by atoms with van der Waals surface area (Å²) in [6.07, 6.45) is -28.9. The van der Waals surface area contributed by atoms with Crippen molar-refractivity contribution in [2.45, 2.75) is 97.3 Å². The van der Waals surface area contributed by atoms with Crippen LogP contribution in [0.4, 0.5) is 0 Å². The molecule has 0 amide bonds. The maximum Gasteiger partial charge on any atom is 0.186 e. The molecule has 0 radical (unpaired) electrons. The van der Waals surface area contributed by atoms with Crippen LogP contribution in [-0.4, -0.2) is 179 Å². The molecule has 1 unspecified atom stereocenters. The van der Waals surface area contributed by atoms with Gasteiger partial charge in [0.15, 0.2) is 11.9 Å². The van der Waals surface area contributed by atoms with E-state index in [1.165, 1.54) is 0 Å². The van der Waals surface area contributed by atoms with Crippen LogP contribution in [0, 0.1) is 0 Å². The van der Waals surface area contributed by atoms with Crippen molar-refractivity contribution in [2.24, 2.45) is 0 Å². The van der Waals surface area contributed by atoms with Gasteiger partial charge in [-0.25, -0.2) is 0 Å². The summed E-state index contributed by atoms with van der Waals surface area (Å²) >= 11 is 0. The number of hydrogen-bond acceptors (Lipinski definition) is 16. The summed E-state index contributed by atoms with van der Waals surface area (Å²) in [5.74, 6) is 0. The van der Waals surface area contributed by atoms with E-state index in [1.54, 1.807) is 0 Å². The first kappa shape index (κ1) is 28.9. The fraction of sp³-hybridized carbons (Fsp3) is 1.00. The summed E-state index contributed by atoms with van der Waals surface area (Å²) in [7, 11) is 1.02. The summed E-state index contributed by atoms with van der Waals surface area (Å²) in [5, 5.41) is 124. The topological polar surface area (TPSA) is 280 Å². The van der Waals surface area contributed by atoms with Crippen molar-refractivity contribution in [3.63, 3.8) is 0 Å². The third-order valence-corrected chi connectivity index (χ3v) is 6.99. The van der Waals surface area contributed by atoms with Gasteiger partial charge in [0, 0.05) is 7.11 Å². The van der Waals surface area contributed by atoms with Gasteiger partial charge < -0.3 is 80.2 Å². The van der Waals surface area contributed by atoms with Crippen LogP contribution < -0.4 is 0 Å². The molecule has 0 aromatic heterocycles. The monoisotopic (exact) mass is 518 g/mol. The Kier molecular flexibility index (Phi) is 9.09. The van der Waals surface area contributed by atoms with Crippen LogP contribution in [0.25, 0.3) is 0 Å². The van der Waals surface area contributed by atoms with E-state index in [1.807, 2.05) is 0 Å². The van der Waals surface area contributed by atoms with E-state index < -0.39 is 111 Å². The standard InChI is InChI=1S/C19H34O16/c1-32-18-16(30)19(31,17-11(27)9(25)7(23)5(3-21)34-17)15(29)14(35-18)12(28)13-10(26)8(24)6(22)4(2-20)33-13/h4-18,20-31H,2-3H2,1H3/t4-,5-,6-,7-,8+,9+,10+,11+,12?,13-,14-,15-,16-,17-,18+,19+/m1/s1. The third kappa shape index (κ3) is 4.72. The molecule has 3 saturated heterocycles. The van der Waals surface area contributed by atoms with Crippen LogP contribution in [-0.2, 0) is 18.9 Å². The zero-order chi connectivity index (χ0) is 26.4. The number of methoxy groups -OCH3 is 1. The molecule has 3 heterocycles. The molecule has 35 heavy (non-hydrogen) atoms. The van der Waals surface area contributed by atoms with E-state index >= 15 is 0 Å². The molecule has 16 nitrogen and oxygen atoms in total. The van der Waals surface area contributed by atoms with Gasteiger partial charge in [-0.05, 0) is 0 Å². The first-order valence-corrected chi connectivity index (χ1v) is 10.9. The molecule has 16 heteroatoms. The zero-order valence-corrected chi connectivity index (χ0v) is 18.6. The van der Waals surface area contributed by atoms with Crippen LogP contribution >= 0.6 is 0 Å². The average Bonchev–Trinajstić information content (AvgIpc) is 2.84. The highest BCUT2D eigenvalue weighted by Gasteiger charge is 2.66. The second-order valence-electron chi connectivity index (χ2n) is 9.02. The van der Waals surface area contributed by atoms with Gasteiger partial charge in [0.1, 0.15) is 85.5 Å². The first-order chi connectivity index (χ1) is 16.4. The predicted molar refractivity (Wildman–Crippen MR) is 106 cm³/mol. The van der Waals surface area contributed by atoms with Crippen molar-refractivity contribution in [3.05, 3.63) is 0 Å². The molecular weight excluding hydrogens is 484 g/mol. The van der Waals surface area contributed by atoms with Crippen molar-refractivity contribution in [1.82, 2.24) is 0 Å². The number of aliphatic hydroxyl groups excluding tert-OH is 11. The number of aliphatic hydroxyl groups is 12. The van der Waals surface area contributed by atoms with Crippen molar-refractivity contribution in [2.75, 3.05) is 20.3 Å². The van der Waals surface area contributed by atoms with Crippen LogP contribution in [0.2, 0.25) is 0 Å². The predicted octanol–water partition coefficient (Wildman–Crippen LogP) is -8.14. The van der Waals surface area contributed by atoms with Gasteiger partial charge >= 0.3 is 0 Å². The van der Waals surface area contributed by atoms with Crippen molar-refractivity contribution in [1.29, 1.82) is 0 Å². The van der Waals surface area contributed by atoms with Crippen molar-refractivity contribution < 1.29 is 80.2 Å². The lowest BCUT2D eigenvalue weighted by Gasteiger charge is -2.55. The fourth-order valence-electron chi connectivity index (χ4n) is 4.83. The van der Waals surface area contributed by atoms with E-state index in [9.17, 15) is 61.3 Å². The Labute approximate surface area is 198 Å². The van der Waals surface area contributed by atoms with Gasteiger partial charge in [0.2, 0.25) is 0 Å². The average molecular weight is 518 g/mol. The molecular formula is C19H34O16. The summed E-state index contributed by atoms with van der Waals surface area (Å²) < 4.78 is 20.9. The molecule has 206 valence electrons. The molecule has 3 aliphatic heterocycles. The van der Waals surface area contributed by atoms with E-state index in [-0.39, 0.29) is 0 Å². The normalized spacial score (nSPS) is 54.4. The highest BCUT2D eigenvalue weighted by Crippen LogP contribution is 2.41. The Balaban J connectivity index is 1.96. The number of ether oxygens (including phenoxy) is 4. The van der Waals surface area contributed by atoms with Crippen LogP contribution in [0.15, 0.2) is 0 Å². The largest absolute Gasteiger partial charge is 0.394 e. The molecule has 0 bridgehead atoms. The Morgan fingerprint density at radius 2 is 1.20 bits per heavy atom. The second-order valence-corrected chi connectivity index (χ2v) is 9.02. The van der Waals surface area contributed by atoms with Crippen molar-refractivity contribution >= 4 is 0 Å². The van der Waals surface area contributed by atoms with Gasteiger partial charge in [-0.3, -0.25) is 0 Å². The second kappa shape index (κ2) is 11.0. The molecule has 3 aliphatic rings. The zero-order valence-electron chi connectivity index (χ0n) is 18.6. The minimum atomic E-state index is -2.98. The van der Waals surface area contributed by atoms with Crippen LogP contribution in [0.5, 0.6) is 0 Å². The highest BCUT2D eigenvalue weighted by atomic mass is 16.7. The van der Waals surface area contributed by atoms with Crippen LogP contribution in [0.3, 0.4) is 0 Å². The number of hydrogen-bond donors (Lipinski definition) is 12. The Hall–Kier alpha value is -0.640. The van der Waals surface area contributed by atoms with Gasteiger partial charge in [0.25, 0.3) is 0 Å². The summed E-state index contributed by atoms with van der Waals surface area (Å²) in [4.78, 5) is 0.